The van der Waals surface area contributed by atoms with Crippen molar-refractivity contribution in [2.24, 2.45) is 0 Å². The number of hydrogen-bond donors (Lipinski definition) is 2. The molecule has 5 nitrogen and oxygen atoms in total. The van der Waals surface area contributed by atoms with Gasteiger partial charge in [0.15, 0.2) is 0 Å². The van der Waals surface area contributed by atoms with E-state index in [4.69, 9.17) is 16.7 Å². The number of carboxylic acid groups (broad SMARTS) is 1. The SMILES string of the molecule is CC[C@H](NC(=O)c1cnccc1Cl)C(=O)O. The van der Waals surface area contributed by atoms with Crippen LogP contribution in [0.1, 0.15) is 23.7 Å². The van der Waals surface area contributed by atoms with Crippen LogP contribution in [0.4, 0.5) is 0 Å². The summed E-state index contributed by atoms with van der Waals surface area (Å²) in [5.41, 5.74) is 0.170. The average molecular weight is 243 g/mol. The number of rotatable bonds is 4. The predicted molar refractivity (Wildman–Crippen MR) is 58.4 cm³/mol. The molecular formula is C10H11ClN2O3. The van der Waals surface area contributed by atoms with Crippen molar-refractivity contribution in [2.75, 3.05) is 0 Å². The minimum Gasteiger partial charge on any atom is -0.480 e. The minimum atomic E-state index is -1.07. The molecule has 0 bridgehead atoms. The fourth-order valence-electron chi connectivity index (χ4n) is 1.12. The van der Waals surface area contributed by atoms with Gasteiger partial charge in [0, 0.05) is 12.4 Å². The lowest BCUT2D eigenvalue weighted by Gasteiger charge is -2.12. The molecule has 1 aromatic heterocycles. The molecule has 0 unspecified atom stereocenters. The fraction of sp³-hybridized carbons (Fsp3) is 0.300. The second-order valence-corrected chi connectivity index (χ2v) is 3.54. The number of pyridine rings is 1. The highest BCUT2D eigenvalue weighted by molar-refractivity contribution is 6.33. The van der Waals surface area contributed by atoms with Crippen molar-refractivity contribution in [2.45, 2.75) is 19.4 Å². The maximum Gasteiger partial charge on any atom is 0.326 e. The predicted octanol–water partition coefficient (Wildman–Crippen LogP) is 1.33. The van der Waals surface area contributed by atoms with Crippen molar-refractivity contribution in [1.82, 2.24) is 10.3 Å². The van der Waals surface area contributed by atoms with Crippen LogP contribution >= 0.6 is 11.6 Å². The van der Waals surface area contributed by atoms with E-state index in [-0.39, 0.29) is 10.6 Å². The summed E-state index contributed by atoms with van der Waals surface area (Å²) in [6.45, 7) is 1.67. The molecule has 2 N–H and O–H groups in total. The summed E-state index contributed by atoms with van der Waals surface area (Å²) in [6.07, 6.45) is 3.05. The first kappa shape index (κ1) is 12.4. The maximum absolute atomic E-state index is 11.6. The molecule has 0 saturated heterocycles. The third-order valence-corrected chi connectivity index (χ3v) is 2.35. The molecule has 0 saturated carbocycles. The lowest BCUT2D eigenvalue weighted by Crippen LogP contribution is -2.40. The standard InChI is InChI=1S/C10H11ClN2O3/c1-2-8(10(15)16)13-9(14)6-5-12-4-3-7(6)11/h3-5,8H,2H2,1H3,(H,13,14)(H,15,16)/t8-/m0/s1. The van der Waals surface area contributed by atoms with Gasteiger partial charge < -0.3 is 10.4 Å². The molecule has 1 rings (SSSR count). The Hall–Kier alpha value is -1.62. The van der Waals surface area contributed by atoms with Gasteiger partial charge in [-0.2, -0.15) is 0 Å². The van der Waals surface area contributed by atoms with Crippen molar-refractivity contribution in [3.8, 4) is 0 Å². The Morgan fingerprint density at radius 1 is 1.62 bits per heavy atom. The molecule has 0 fully saturated rings. The highest BCUT2D eigenvalue weighted by Gasteiger charge is 2.19. The Morgan fingerprint density at radius 2 is 2.31 bits per heavy atom. The van der Waals surface area contributed by atoms with E-state index in [2.05, 4.69) is 10.3 Å². The van der Waals surface area contributed by atoms with E-state index in [9.17, 15) is 9.59 Å². The van der Waals surface area contributed by atoms with E-state index < -0.39 is 17.9 Å². The first-order valence-electron chi connectivity index (χ1n) is 4.69. The molecule has 6 heteroatoms. The van der Waals surface area contributed by atoms with Crippen LogP contribution < -0.4 is 5.32 Å². The van der Waals surface area contributed by atoms with Crippen LogP contribution in [0, 0.1) is 0 Å². The van der Waals surface area contributed by atoms with Gasteiger partial charge in [0.2, 0.25) is 0 Å². The summed E-state index contributed by atoms with van der Waals surface area (Å²) >= 11 is 5.78. The van der Waals surface area contributed by atoms with E-state index in [1.165, 1.54) is 18.5 Å². The van der Waals surface area contributed by atoms with Gasteiger partial charge in [0.1, 0.15) is 6.04 Å². The normalized spacial score (nSPS) is 11.9. The number of carbonyl (C=O) groups is 2. The van der Waals surface area contributed by atoms with Crippen LogP contribution in [0.3, 0.4) is 0 Å². The van der Waals surface area contributed by atoms with Crippen LogP contribution in [0.25, 0.3) is 0 Å². The monoisotopic (exact) mass is 242 g/mol. The van der Waals surface area contributed by atoms with Crippen molar-refractivity contribution >= 4 is 23.5 Å². The van der Waals surface area contributed by atoms with Gasteiger partial charge in [-0.3, -0.25) is 9.78 Å². The number of halogens is 1. The lowest BCUT2D eigenvalue weighted by molar-refractivity contribution is -0.139. The van der Waals surface area contributed by atoms with Crippen molar-refractivity contribution < 1.29 is 14.7 Å². The van der Waals surface area contributed by atoms with Gasteiger partial charge in [-0.05, 0) is 12.5 Å². The van der Waals surface area contributed by atoms with E-state index in [0.717, 1.165) is 0 Å². The van der Waals surface area contributed by atoms with Crippen LogP contribution in [0.15, 0.2) is 18.5 Å². The van der Waals surface area contributed by atoms with Crippen molar-refractivity contribution in [1.29, 1.82) is 0 Å². The number of aliphatic carboxylic acids is 1. The molecule has 1 atom stereocenters. The first-order valence-corrected chi connectivity index (χ1v) is 5.07. The highest BCUT2D eigenvalue weighted by atomic mass is 35.5. The smallest absolute Gasteiger partial charge is 0.326 e. The summed E-state index contributed by atoms with van der Waals surface area (Å²) in [5, 5.41) is 11.4. The molecule has 0 radical (unpaired) electrons. The molecule has 86 valence electrons. The number of nitrogens with one attached hydrogen (secondary N) is 1. The van der Waals surface area contributed by atoms with Gasteiger partial charge in [0.25, 0.3) is 5.91 Å². The van der Waals surface area contributed by atoms with E-state index in [0.29, 0.717) is 6.42 Å². The first-order chi connectivity index (χ1) is 7.56. The second kappa shape index (κ2) is 5.46. The van der Waals surface area contributed by atoms with E-state index in [1.54, 1.807) is 6.92 Å². The zero-order chi connectivity index (χ0) is 12.1. The minimum absolute atomic E-state index is 0.170. The summed E-state index contributed by atoms with van der Waals surface area (Å²) in [5.74, 6) is -1.61. The summed E-state index contributed by atoms with van der Waals surface area (Å²) in [6, 6.07) is 0.557. The van der Waals surface area contributed by atoms with Crippen molar-refractivity contribution in [3.05, 3.63) is 29.0 Å². The average Bonchev–Trinajstić information content (AvgIpc) is 2.25. The van der Waals surface area contributed by atoms with Crippen LogP contribution in [0.2, 0.25) is 5.02 Å². The second-order valence-electron chi connectivity index (χ2n) is 3.13. The Balaban J connectivity index is 2.80. The summed E-state index contributed by atoms with van der Waals surface area (Å²) in [4.78, 5) is 26.1. The van der Waals surface area contributed by atoms with Gasteiger partial charge in [-0.1, -0.05) is 18.5 Å². The van der Waals surface area contributed by atoms with Crippen molar-refractivity contribution in [3.63, 3.8) is 0 Å². The molecule has 1 heterocycles. The number of carboxylic acids is 1. The highest BCUT2D eigenvalue weighted by Crippen LogP contribution is 2.13. The number of aromatic nitrogens is 1. The third kappa shape index (κ3) is 2.93. The largest absolute Gasteiger partial charge is 0.480 e. The molecular weight excluding hydrogens is 232 g/mol. The van der Waals surface area contributed by atoms with Gasteiger partial charge in [-0.25, -0.2) is 4.79 Å². The molecule has 0 aromatic carbocycles. The zero-order valence-electron chi connectivity index (χ0n) is 8.61. The Labute approximate surface area is 97.4 Å². The molecule has 0 aliphatic carbocycles. The summed E-state index contributed by atoms with van der Waals surface area (Å²) in [7, 11) is 0. The Bertz CT molecular complexity index is 409. The Morgan fingerprint density at radius 3 is 2.81 bits per heavy atom. The van der Waals surface area contributed by atoms with Crippen LogP contribution in [-0.4, -0.2) is 28.0 Å². The zero-order valence-corrected chi connectivity index (χ0v) is 9.36. The Kier molecular flexibility index (Phi) is 4.25. The van der Waals surface area contributed by atoms with Gasteiger partial charge in [0.05, 0.1) is 10.6 Å². The topological polar surface area (TPSA) is 79.3 Å². The summed E-state index contributed by atoms with van der Waals surface area (Å²) < 4.78 is 0. The van der Waals surface area contributed by atoms with Crippen LogP contribution in [-0.2, 0) is 4.79 Å². The molecule has 1 amide bonds. The lowest BCUT2D eigenvalue weighted by atomic mass is 10.2. The number of amides is 1. The van der Waals surface area contributed by atoms with E-state index >= 15 is 0 Å². The maximum atomic E-state index is 11.6. The van der Waals surface area contributed by atoms with Gasteiger partial charge >= 0.3 is 5.97 Å². The molecule has 0 aliphatic heterocycles. The fourth-order valence-corrected chi connectivity index (χ4v) is 1.31. The van der Waals surface area contributed by atoms with E-state index in [1.807, 2.05) is 0 Å². The van der Waals surface area contributed by atoms with Gasteiger partial charge in [-0.15, -0.1) is 0 Å². The van der Waals surface area contributed by atoms with Crippen LogP contribution in [0.5, 0.6) is 0 Å². The number of carbonyl (C=O) groups excluding carboxylic acids is 1. The molecule has 16 heavy (non-hydrogen) atoms. The molecule has 1 aromatic rings. The molecule has 0 aliphatic rings. The quantitative estimate of drug-likeness (QED) is 0.835. The number of nitrogens with zero attached hydrogens (tertiary/aromatic N) is 1. The third-order valence-electron chi connectivity index (χ3n) is 2.02. The number of hydrogen-bond acceptors (Lipinski definition) is 3. The molecule has 0 spiro atoms.